The Morgan fingerprint density at radius 2 is 1.63 bits per heavy atom. The largest absolute Gasteiger partial charge is 0.496 e. The average Bonchev–Trinajstić information content (AvgIpc) is 2.66. The SMILES string of the molecule is COc1ccccc1CCNC(=O)CN(C(C)=O)c1ccc(N(C)C)cc1. The summed E-state index contributed by atoms with van der Waals surface area (Å²) in [6.45, 7) is 1.93. The lowest BCUT2D eigenvalue weighted by molar-refractivity contribution is -0.123. The van der Waals surface area contributed by atoms with Crippen LogP contribution in [0.2, 0.25) is 0 Å². The first-order chi connectivity index (χ1) is 12.9. The average molecular weight is 369 g/mol. The van der Waals surface area contributed by atoms with E-state index in [2.05, 4.69) is 5.32 Å². The molecule has 0 fully saturated rings. The fourth-order valence-corrected chi connectivity index (χ4v) is 2.76. The maximum atomic E-state index is 12.3. The molecule has 0 heterocycles. The molecule has 0 saturated carbocycles. The minimum absolute atomic E-state index is 0.0113. The van der Waals surface area contributed by atoms with Gasteiger partial charge in [-0.05, 0) is 42.3 Å². The zero-order valence-electron chi connectivity index (χ0n) is 16.4. The second-order valence-corrected chi connectivity index (χ2v) is 6.43. The number of anilines is 2. The van der Waals surface area contributed by atoms with Crippen LogP contribution in [0.5, 0.6) is 5.75 Å². The van der Waals surface area contributed by atoms with Crippen molar-refractivity contribution in [3.8, 4) is 5.75 Å². The van der Waals surface area contributed by atoms with E-state index in [1.807, 2.05) is 67.5 Å². The van der Waals surface area contributed by atoms with Crippen LogP contribution in [0.1, 0.15) is 12.5 Å². The first-order valence-electron chi connectivity index (χ1n) is 8.86. The molecular formula is C21H27N3O3. The van der Waals surface area contributed by atoms with Gasteiger partial charge in [0.25, 0.3) is 0 Å². The van der Waals surface area contributed by atoms with Gasteiger partial charge in [0, 0.05) is 38.9 Å². The van der Waals surface area contributed by atoms with E-state index in [9.17, 15) is 9.59 Å². The molecule has 6 heteroatoms. The molecule has 0 aliphatic rings. The van der Waals surface area contributed by atoms with Crippen molar-refractivity contribution >= 4 is 23.2 Å². The van der Waals surface area contributed by atoms with E-state index in [1.54, 1.807) is 7.11 Å². The van der Waals surface area contributed by atoms with Crippen LogP contribution >= 0.6 is 0 Å². The molecule has 0 aliphatic carbocycles. The number of para-hydroxylation sites is 1. The molecule has 0 aliphatic heterocycles. The minimum Gasteiger partial charge on any atom is -0.496 e. The zero-order chi connectivity index (χ0) is 19.8. The van der Waals surface area contributed by atoms with Crippen molar-refractivity contribution in [3.63, 3.8) is 0 Å². The Hall–Kier alpha value is -3.02. The summed E-state index contributed by atoms with van der Waals surface area (Å²) in [6.07, 6.45) is 0.660. The second-order valence-electron chi connectivity index (χ2n) is 6.43. The third-order valence-corrected chi connectivity index (χ3v) is 4.27. The normalized spacial score (nSPS) is 10.2. The summed E-state index contributed by atoms with van der Waals surface area (Å²) in [4.78, 5) is 27.8. The quantitative estimate of drug-likeness (QED) is 0.777. The van der Waals surface area contributed by atoms with E-state index in [0.29, 0.717) is 18.7 Å². The Bertz CT molecular complexity index is 772. The van der Waals surface area contributed by atoms with Crippen molar-refractivity contribution in [2.75, 3.05) is 44.1 Å². The molecule has 144 valence electrons. The molecule has 0 saturated heterocycles. The van der Waals surface area contributed by atoms with Crippen molar-refractivity contribution in [3.05, 3.63) is 54.1 Å². The van der Waals surface area contributed by atoms with Gasteiger partial charge < -0.3 is 19.9 Å². The van der Waals surface area contributed by atoms with Crippen LogP contribution in [0.3, 0.4) is 0 Å². The molecule has 2 rings (SSSR count). The van der Waals surface area contributed by atoms with E-state index in [-0.39, 0.29) is 18.4 Å². The third kappa shape index (κ3) is 5.74. The molecule has 2 aromatic rings. The molecule has 0 aromatic heterocycles. The Labute approximate surface area is 160 Å². The molecule has 2 amide bonds. The fraction of sp³-hybridized carbons (Fsp3) is 0.333. The molecule has 0 unspecified atom stereocenters. The standard InChI is InChI=1S/C21H27N3O3/c1-16(25)24(19-11-9-18(10-12-19)23(2)3)15-21(26)22-14-13-17-7-5-6-8-20(17)27-4/h5-12H,13-15H2,1-4H3,(H,22,26). The molecule has 0 bridgehead atoms. The van der Waals surface area contributed by atoms with E-state index in [0.717, 1.165) is 17.0 Å². The lowest BCUT2D eigenvalue weighted by Crippen LogP contribution is -2.40. The number of carbonyl (C=O) groups is 2. The number of carbonyl (C=O) groups excluding carboxylic acids is 2. The predicted octanol–water partition coefficient (Wildman–Crippen LogP) is 2.47. The first kappa shape index (κ1) is 20.3. The van der Waals surface area contributed by atoms with Crippen LogP contribution in [0, 0.1) is 0 Å². The number of ether oxygens (including phenoxy) is 1. The summed E-state index contributed by atoms with van der Waals surface area (Å²) >= 11 is 0. The number of hydrogen-bond acceptors (Lipinski definition) is 4. The molecule has 0 spiro atoms. The van der Waals surface area contributed by atoms with Gasteiger partial charge in [0.1, 0.15) is 12.3 Å². The maximum absolute atomic E-state index is 12.3. The summed E-state index contributed by atoms with van der Waals surface area (Å²) in [5.41, 5.74) is 2.76. The Morgan fingerprint density at radius 3 is 2.22 bits per heavy atom. The van der Waals surface area contributed by atoms with Crippen molar-refractivity contribution in [2.24, 2.45) is 0 Å². The summed E-state index contributed by atoms with van der Waals surface area (Å²) in [5, 5.41) is 2.87. The van der Waals surface area contributed by atoms with E-state index >= 15 is 0 Å². The number of nitrogens with zero attached hydrogens (tertiary/aromatic N) is 2. The monoisotopic (exact) mass is 369 g/mol. The summed E-state index contributed by atoms with van der Waals surface area (Å²) in [7, 11) is 5.53. The minimum atomic E-state index is -0.197. The predicted molar refractivity (Wildman–Crippen MR) is 109 cm³/mol. The molecule has 0 atom stereocenters. The number of benzene rings is 2. The summed E-state index contributed by atoms with van der Waals surface area (Å²) < 4.78 is 5.31. The van der Waals surface area contributed by atoms with E-state index in [4.69, 9.17) is 4.74 Å². The molecule has 0 radical (unpaired) electrons. The van der Waals surface area contributed by atoms with Gasteiger partial charge in [0.15, 0.2) is 0 Å². The van der Waals surface area contributed by atoms with Crippen LogP contribution < -0.4 is 19.9 Å². The van der Waals surface area contributed by atoms with Gasteiger partial charge in [-0.1, -0.05) is 18.2 Å². The number of amides is 2. The fourth-order valence-electron chi connectivity index (χ4n) is 2.76. The van der Waals surface area contributed by atoms with Gasteiger partial charge in [-0.15, -0.1) is 0 Å². The smallest absolute Gasteiger partial charge is 0.240 e. The van der Waals surface area contributed by atoms with Crippen molar-refractivity contribution in [1.29, 1.82) is 0 Å². The highest BCUT2D eigenvalue weighted by molar-refractivity contribution is 5.97. The van der Waals surface area contributed by atoms with Crippen molar-refractivity contribution < 1.29 is 14.3 Å². The van der Waals surface area contributed by atoms with Crippen LogP contribution in [0.25, 0.3) is 0 Å². The first-order valence-corrected chi connectivity index (χ1v) is 8.86. The second kappa shape index (κ2) is 9.62. The molecule has 27 heavy (non-hydrogen) atoms. The van der Waals surface area contributed by atoms with Crippen LogP contribution in [0.15, 0.2) is 48.5 Å². The van der Waals surface area contributed by atoms with Gasteiger partial charge >= 0.3 is 0 Å². The van der Waals surface area contributed by atoms with Gasteiger partial charge in [0.2, 0.25) is 11.8 Å². The van der Waals surface area contributed by atoms with Crippen LogP contribution in [0.4, 0.5) is 11.4 Å². The molecule has 6 nitrogen and oxygen atoms in total. The van der Waals surface area contributed by atoms with Gasteiger partial charge in [0.05, 0.1) is 7.11 Å². The highest BCUT2D eigenvalue weighted by Crippen LogP contribution is 2.20. The molecular weight excluding hydrogens is 342 g/mol. The number of methoxy groups -OCH3 is 1. The third-order valence-electron chi connectivity index (χ3n) is 4.27. The van der Waals surface area contributed by atoms with Crippen molar-refractivity contribution in [2.45, 2.75) is 13.3 Å². The topological polar surface area (TPSA) is 61.9 Å². The number of rotatable bonds is 8. The Kier molecular flexibility index (Phi) is 7.23. The summed E-state index contributed by atoms with van der Waals surface area (Å²) in [5.74, 6) is 0.433. The Balaban J connectivity index is 1.94. The summed E-state index contributed by atoms with van der Waals surface area (Å²) in [6, 6.07) is 15.3. The highest BCUT2D eigenvalue weighted by Gasteiger charge is 2.16. The molecule has 1 N–H and O–H groups in total. The highest BCUT2D eigenvalue weighted by atomic mass is 16.5. The lowest BCUT2D eigenvalue weighted by atomic mass is 10.1. The van der Waals surface area contributed by atoms with Crippen LogP contribution in [-0.2, 0) is 16.0 Å². The van der Waals surface area contributed by atoms with E-state index < -0.39 is 0 Å². The Morgan fingerprint density at radius 1 is 1.00 bits per heavy atom. The van der Waals surface area contributed by atoms with Gasteiger partial charge in [-0.25, -0.2) is 0 Å². The zero-order valence-corrected chi connectivity index (χ0v) is 16.4. The maximum Gasteiger partial charge on any atom is 0.240 e. The van der Waals surface area contributed by atoms with Gasteiger partial charge in [-0.3, -0.25) is 9.59 Å². The molecule has 2 aromatic carbocycles. The van der Waals surface area contributed by atoms with Gasteiger partial charge in [-0.2, -0.15) is 0 Å². The van der Waals surface area contributed by atoms with Crippen LogP contribution in [-0.4, -0.2) is 46.1 Å². The number of hydrogen-bond donors (Lipinski definition) is 1. The van der Waals surface area contributed by atoms with E-state index in [1.165, 1.54) is 11.8 Å². The van der Waals surface area contributed by atoms with Crippen molar-refractivity contribution in [1.82, 2.24) is 5.32 Å². The number of nitrogens with one attached hydrogen (secondary N) is 1. The lowest BCUT2D eigenvalue weighted by Gasteiger charge is -2.22.